The van der Waals surface area contributed by atoms with Gasteiger partial charge in [-0.15, -0.1) is 0 Å². The van der Waals surface area contributed by atoms with E-state index in [0.717, 1.165) is 62.8 Å². The molecular formula is C45H46N3O-. The second-order valence-corrected chi connectivity index (χ2v) is 15.4. The van der Waals surface area contributed by atoms with E-state index in [1.54, 1.807) is 11.1 Å². The van der Waals surface area contributed by atoms with Crippen molar-refractivity contribution >= 4 is 22.9 Å². The molecule has 8 aliphatic rings. The Labute approximate surface area is 290 Å². The Bertz CT molecular complexity index is 1990. The van der Waals surface area contributed by atoms with Crippen molar-refractivity contribution in [1.82, 2.24) is 5.32 Å². The van der Waals surface area contributed by atoms with Gasteiger partial charge in [-0.2, -0.15) is 0 Å². The summed E-state index contributed by atoms with van der Waals surface area (Å²) in [4.78, 5) is 5.36. The number of hydrogen-bond donors (Lipinski definition) is 1. The minimum atomic E-state index is -0.122. The van der Waals surface area contributed by atoms with Crippen LogP contribution in [-0.4, -0.2) is 18.2 Å². The molecule has 1 aliphatic heterocycles. The highest BCUT2D eigenvalue weighted by Gasteiger charge is 2.39. The Morgan fingerprint density at radius 1 is 0.816 bits per heavy atom. The van der Waals surface area contributed by atoms with Crippen LogP contribution in [0.2, 0.25) is 0 Å². The van der Waals surface area contributed by atoms with Crippen LogP contribution in [0.15, 0.2) is 123 Å². The van der Waals surface area contributed by atoms with Crippen molar-refractivity contribution < 1.29 is 4.42 Å². The lowest BCUT2D eigenvalue weighted by atomic mass is 9.65. The molecule has 0 amide bonds. The van der Waals surface area contributed by atoms with Crippen LogP contribution in [-0.2, 0) is 12.8 Å². The molecule has 0 fully saturated rings. The molecule has 0 spiro atoms. The average molecular weight is 645 g/mol. The van der Waals surface area contributed by atoms with Gasteiger partial charge in [0.1, 0.15) is 17.2 Å². The second kappa shape index (κ2) is 12.3. The second-order valence-electron chi connectivity index (χ2n) is 15.4. The predicted molar refractivity (Wildman–Crippen MR) is 201 cm³/mol. The van der Waals surface area contributed by atoms with Crippen LogP contribution in [0.25, 0.3) is 22.4 Å². The van der Waals surface area contributed by atoms with Crippen molar-refractivity contribution in [1.29, 1.82) is 0 Å². The maximum Gasteiger partial charge on any atom is 0.134 e. The molecule has 10 rings (SSSR count). The molecule has 0 saturated heterocycles. The molecule has 0 radical (unpaired) electrons. The first kappa shape index (κ1) is 29.7. The molecular weight excluding hydrogens is 599 g/mol. The molecule has 2 aromatic rings. The summed E-state index contributed by atoms with van der Waals surface area (Å²) in [6.07, 6.45) is 46.6. The van der Waals surface area contributed by atoms with Crippen molar-refractivity contribution in [3.8, 4) is 0 Å². The van der Waals surface area contributed by atoms with E-state index >= 15 is 0 Å². The van der Waals surface area contributed by atoms with E-state index in [1.807, 2.05) is 0 Å². The van der Waals surface area contributed by atoms with E-state index in [1.165, 1.54) is 46.3 Å². The fraction of sp³-hybridized carbons (Fsp3) is 0.400. The number of furan rings is 1. The van der Waals surface area contributed by atoms with Gasteiger partial charge in [-0.25, -0.2) is 0 Å². The van der Waals surface area contributed by atoms with Gasteiger partial charge in [-0.1, -0.05) is 115 Å². The van der Waals surface area contributed by atoms with Crippen LogP contribution in [0, 0.1) is 29.6 Å². The van der Waals surface area contributed by atoms with E-state index in [-0.39, 0.29) is 24.2 Å². The Morgan fingerprint density at radius 3 is 2.67 bits per heavy atom. The monoisotopic (exact) mass is 644 g/mol. The minimum absolute atomic E-state index is 0.0252. The maximum atomic E-state index is 6.51. The number of rotatable bonds is 4. The van der Waals surface area contributed by atoms with Crippen LogP contribution in [0.1, 0.15) is 79.7 Å². The van der Waals surface area contributed by atoms with Crippen molar-refractivity contribution in [2.75, 3.05) is 0 Å². The van der Waals surface area contributed by atoms with Crippen molar-refractivity contribution in [2.45, 2.75) is 82.5 Å². The first-order chi connectivity index (χ1) is 24.3. The lowest BCUT2D eigenvalue weighted by Crippen LogP contribution is -2.50. The molecule has 1 aromatic heterocycles. The molecule has 248 valence electrons. The number of amidine groups is 1. The summed E-state index contributed by atoms with van der Waals surface area (Å²) < 4.78 is 6.51. The summed E-state index contributed by atoms with van der Waals surface area (Å²) in [6.45, 7) is 0. The summed E-state index contributed by atoms with van der Waals surface area (Å²) in [5.74, 6) is 4.56. The summed E-state index contributed by atoms with van der Waals surface area (Å²) in [6, 6.07) is 4.53. The number of nitrogens with one attached hydrogen (secondary N) is 1. The van der Waals surface area contributed by atoms with Crippen molar-refractivity contribution in [3.63, 3.8) is 0 Å². The van der Waals surface area contributed by atoms with E-state index in [0.29, 0.717) is 23.7 Å². The molecule has 4 nitrogen and oxygen atoms in total. The van der Waals surface area contributed by atoms with Gasteiger partial charge in [-0.05, 0) is 110 Å². The van der Waals surface area contributed by atoms with Gasteiger partial charge in [0.15, 0.2) is 0 Å². The lowest BCUT2D eigenvalue weighted by molar-refractivity contribution is 0.278. The zero-order valence-electron chi connectivity index (χ0n) is 28.3. The number of aryl methyl sites for hydroxylation is 2. The van der Waals surface area contributed by atoms with Gasteiger partial charge in [0.25, 0.3) is 0 Å². The molecule has 0 saturated carbocycles. The van der Waals surface area contributed by atoms with Crippen molar-refractivity contribution in [3.05, 3.63) is 142 Å². The minimum Gasteiger partial charge on any atom is -0.616 e. The SMILES string of the molecule is C1=CCCC(C2N=C(C3C=CC4=C(CCC=C4)C3)NC(C3C=CC=CC3C3C=CC4C=Cc5ccc6oc7c(c6c5C4C3)CCCC7)[N-]2)=C1. The highest BCUT2D eigenvalue weighted by Crippen LogP contribution is 2.51. The Morgan fingerprint density at radius 2 is 1.73 bits per heavy atom. The average Bonchev–Trinajstić information content (AvgIpc) is 3.56. The molecule has 49 heavy (non-hydrogen) atoms. The van der Waals surface area contributed by atoms with Crippen molar-refractivity contribution in [2.24, 2.45) is 34.6 Å². The number of aliphatic imine (C=N–C) groups is 1. The molecule has 1 N–H and O–H groups in total. The fourth-order valence-corrected chi connectivity index (χ4v) is 10.1. The largest absolute Gasteiger partial charge is 0.616 e. The first-order valence-corrected chi connectivity index (χ1v) is 19.0. The van der Waals surface area contributed by atoms with Gasteiger partial charge in [-0.3, -0.25) is 4.99 Å². The normalized spacial score (nSPS) is 34.2. The van der Waals surface area contributed by atoms with Crippen LogP contribution < -0.4 is 5.32 Å². The van der Waals surface area contributed by atoms with Gasteiger partial charge in [0.2, 0.25) is 0 Å². The highest BCUT2D eigenvalue weighted by molar-refractivity contribution is 5.91. The van der Waals surface area contributed by atoms with Crippen LogP contribution >= 0.6 is 0 Å². The first-order valence-electron chi connectivity index (χ1n) is 19.0. The van der Waals surface area contributed by atoms with Gasteiger partial charge >= 0.3 is 0 Å². The van der Waals surface area contributed by atoms with Crippen LogP contribution in [0.4, 0.5) is 0 Å². The molecule has 0 bridgehead atoms. The van der Waals surface area contributed by atoms with Crippen LogP contribution in [0.3, 0.4) is 0 Å². The summed E-state index contributed by atoms with van der Waals surface area (Å²) in [5, 5.41) is 10.9. The number of nitrogens with zero attached hydrogens (tertiary/aromatic N) is 2. The Balaban J connectivity index is 0.965. The maximum absolute atomic E-state index is 6.51. The Hall–Kier alpha value is -4.15. The molecule has 2 heterocycles. The van der Waals surface area contributed by atoms with Gasteiger partial charge < -0.3 is 15.1 Å². The van der Waals surface area contributed by atoms with Gasteiger partial charge in [0, 0.05) is 29.2 Å². The van der Waals surface area contributed by atoms with Crippen LogP contribution in [0.5, 0.6) is 0 Å². The lowest BCUT2D eigenvalue weighted by Gasteiger charge is -2.51. The molecule has 8 atom stereocenters. The smallest absolute Gasteiger partial charge is 0.134 e. The van der Waals surface area contributed by atoms with Gasteiger partial charge in [0.05, 0.1) is 0 Å². The quantitative estimate of drug-likeness (QED) is 0.337. The standard InChI is InChI=1S/C45H46N3O/c1-2-11-31(12-3-1)43-46-44(34-23-18-28-10-4-5-13-32(28)26-34)48-45(47-43)36-15-7-6-14-35(36)33-22-20-29-19-21-30-24-25-40-42(41(30)38(29)27-33)37-16-8-9-17-39(37)49-40/h1-2,4,6-7,10-11,14-15,18-25,29,33-36,38,43,45H,3,5,8-9,12-13,16-17,26-27H2,(H,46,48)/q-1. The number of benzene rings is 1. The third-order valence-electron chi connectivity index (χ3n) is 12.6. The summed E-state index contributed by atoms with van der Waals surface area (Å²) >= 11 is 0. The van der Waals surface area contributed by atoms with E-state index in [4.69, 9.17) is 14.7 Å². The topological polar surface area (TPSA) is 51.6 Å². The Kier molecular flexibility index (Phi) is 7.48. The summed E-state index contributed by atoms with van der Waals surface area (Å²) in [7, 11) is 0. The van der Waals surface area contributed by atoms with E-state index < -0.39 is 0 Å². The zero-order valence-corrected chi connectivity index (χ0v) is 28.3. The highest BCUT2D eigenvalue weighted by atomic mass is 16.3. The predicted octanol–water partition coefficient (Wildman–Crippen LogP) is 10.5. The molecule has 8 unspecified atom stereocenters. The number of hydrogen-bond acceptors (Lipinski definition) is 3. The third kappa shape index (κ3) is 5.26. The van der Waals surface area contributed by atoms with E-state index in [2.05, 4.69) is 109 Å². The number of fused-ring (bicyclic) bond motifs is 7. The molecule has 1 aromatic carbocycles. The fourth-order valence-electron chi connectivity index (χ4n) is 10.1. The third-order valence-corrected chi connectivity index (χ3v) is 12.6. The molecule has 7 aliphatic carbocycles. The molecule has 4 heteroatoms. The van der Waals surface area contributed by atoms with E-state index in [9.17, 15) is 0 Å². The zero-order chi connectivity index (χ0) is 32.3. The number of allylic oxidation sites excluding steroid dienone is 14. The summed E-state index contributed by atoms with van der Waals surface area (Å²) in [5.41, 5.74) is 9.86.